The van der Waals surface area contributed by atoms with Gasteiger partial charge in [-0.25, -0.2) is 0 Å². The van der Waals surface area contributed by atoms with Gasteiger partial charge in [0.25, 0.3) is 0 Å². The number of nitrogens with one attached hydrogen (secondary N) is 2. The molecule has 84 valence electrons. The first-order chi connectivity index (χ1) is 6.43. The molecule has 0 aromatic rings. The van der Waals surface area contributed by atoms with Crippen molar-refractivity contribution in [3.8, 4) is 0 Å². The Labute approximate surface area is 87.8 Å². The molecule has 3 heteroatoms. The van der Waals surface area contributed by atoms with E-state index in [9.17, 15) is 0 Å². The molecule has 0 aromatic heterocycles. The second kappa shape index (κ2) is 5.25. The molecule has 0 aliphatic carbocycles. The molecule has 0 saturated heterocycles. The van der Waals surface area contributed by atoms with Crippen LogP contribution in [0.2, 0.25) is 0 Å². The maximum Gasteiger partial charge on any atom is 0.150 e. The monoisotopic (exact) mass is 200 g/mol. The molecule has 0 atom stereocenters. The van der Waals surface area contributed by atoms with E-state index in [2.05, 4.69) is 45.6 Å². The van der Waals surface area contributed by atoms with Crippen molar-refractivity contribution in [1.29, 1.82) is 0 Å². The minimum Gasteiger partial charge on any atom is -0.391 e. The summed E-state index contributed by atoms with van der Waals surface area (Å²) in [5.74, 6) is 1.43. The first-order valence-electron chi connectivity index (χ1n) is 5.35. The highest BCUT2D eigenvalue weighted by Gasteiger charge is 2.28. The van der Waals surface area contributed by atoms with Crippen LogP contribution in [0.25, 0.3) is 0 Å². The Morgan fingerprint density at radius 1 is 1.14 bits per heavy atom. The predicted molar refractivity (Wildman–Crippen MR) is 60.0 cm³/mol. The Morgan fingerprint density at radius 2 is 1.64 bits per heavy atom. The zero-order valence-electron chi connectivity index (χ0n) is 10.5. The molecule has 1 aliphatic rings. The van der Waals surface area contributed by atoms with Crippen molar-refractivity contribution in [2.24, 2.45) is 11.3 Å². The molecule has 0 unspecified atom stereocenters. The molecule has 1 rings (SSSR count). The van der Waals surface area contributed by atoms with Gasteiger partial charge >= 0.3 is 0 Å². The summed E-state index contributed by atoms with van der Waals surface area (Å²) in [4.78, 5) is 5.27. The van der Waals surface area contributed by atoms with Crippen molar-refractivity contribution < 1.29 is 4.84 Å². The van der Waals surface area contributed by atoms with Crippen molar-refractivity contribution in [1.82, 2.24) is 11.0 Å². The van der Waals surface area contributed by atoms with E-state index in [1.54, 1.807) is 0 Å². The zero-order chi connectivity index (χ0) is 11.4. The molecule has 0 spiro atoms. The van der Waals surface area contributed by atoms with E-state index in [0.29, 0.717) is 5.92 Å². The molecule has 14 heavy (non-hydrogen) atoms. The molecule has 1 aliphatic heterocycles. The Hall–Kier alpha value is -0.700. The lowest BCUT2D eigenvalue weighted by atomic mass is 9.89. The molecule has 0 amide bonds. The average Bonchev–Trinajstić information content (AvgIpc) is 2.54. The SMILES string of the molecule is CC.CC(C)C1=C(C(C)(C)C)NNO1. The number of rotatable bonds is 1. The van der Waals surface area contributed by atoms with E-state index < -0.39 is 0 Å². The third-order valence-corrected chi connectivity index (χ3v) is 1.86. The molecular weight excluding hydrogens is 176 g/mol. The summed E-state index contributed by atoms with van der Waals surface area (Å²) in [6.45, 7) is 14.7. The summed E-state index contributed by atoms with van der Waals surface area (Å²) in [6, 6.07) is 0. The van der Waals surface area contributed by atoms with Gasteiger partial charge in [-0.15, -0.1) is 0 Å². The highest BCUT2D eigenvalue weighted by Crippen LogP contribution is 2.30. The smallest absolute Gasteiger partial charge is 0.150 e. The van der Waals surface area contributed by atoms with Gasteiger partial charge in [-0.2, -0.15) is 0 Å². The second-order valence-electron chi connectivity index (χ2n) is 4.47. The summed E-state index contributed by atoms with van der Waals surface area (Å²) in [5.41, 5.74) is 6.99. The average molecular weight is 200 g/mol. The molecule has 0 radical (unpaired) electrons. The lowest BCUT2D eigenvalue weighted by Gasteiger charge is -2.20. The molecule has 0 saturated carbocycles. The normalized spacial score (nSPS) is 16.0. The Bertz CT molecular complexity index is 202. The molecule has 0 fully saturated rings. The van der Waals surface area contributed by atoms with Crippen molar-refractivity contribution in [2.45, 2.75) is 48.5 Å². The number of hydrazine groups is 1. The van der Waals surface area contributed by atoms with E-state index in [1.807, 2.05) is 13.8 Å². The van der Waals surface area contributed by atoms with Crippen LogP contribution < -0.4 is 11.0 Å². The standard InChI is InChI=1S/C9H18N2O.C2H6/c1-6(2)7-8(9(3,4)5)10-11-12-7;1-2/h6,10-11H,1-5H3;1-2H3. The van der Waals surface area contributed by atoms with E-state index in [4.69, 9.17) is 4.84 Å². The molecule has 3 nitrogen and oxygen atoms in total. The summed E-state index contributed by atoms with van der Waals surface area (Å²) >= 11 is 0. The maximum absolute atomic E-state index is 5.27. The van der Waals surface area contributed by atoms with Gasteiger partial charge in [0, 0.05) is 11.3 Å². The fourth-order valence-electron chi connectivity index (χ4n) is 1.21. The summed E-state index contributed by atoms with van der Waals surface area (Å²) in [6.07, 6.45) is 0. The fraction of sp³-hybridized carbons (Fsp3) is 0.818. The highest BCUT2D eigenvalue weighted by molar-refractivity contribution is 5.16. The second-order valence-corrected chi connectivity index (χ2v) is 4.47. The van der Waals surface area contributed by atoms with Gasteiger partial charge in [-0.3, -0.25) is 5.43 Å². The fourth-order valence-corrected chi connectivity index (χ4v) is 1.21. The molecule has 0 bridgehead atoms. The molecule has 2 N–H and O–H groups in total. The first-order valence-corrected chi connectivity index (χ1v) is 5.35. The van der Waals surface area contributed by atoms with E-state index in [-0.39, 0.29) is 5.41 Å². The van der Waals surface area contributed by atoms with Gasteiger partial charge in [0.1, 0.15) is 5.76 Å². The van der Waals surface area contributed by atoms with Crippen LogP contribution in [0.1, 0.15) is 48.5 Å². The van der Waals surface area contributed by atoms with Crippen LogP contribution in [0.3, 0.4) is 0 Å². The van der Waals surface area contributed by atoms with Crippen LogP contribution in [0.4, 0.5) is 0 Å². The van der Waals surface area contributed by atoms with Gasteiger partial charge < -0.3 is 4.84 Å². The van der Waals surface area contributed by atoms with Gasteiger partial charge in [0.2, 0.25) is 0 Å². The van der Waals surface area contributed by atoms with Crippen LogP contribution in [-0.4, -0.2) is 0 Å². The number of hydrogen-bond acceptors (Lipinski definition) is 3. The van der Waals surface area contributed by atoms with Gasteiger partial charge in [0.05, 0.1) is 5.70 Å². The minimum atomic E-state index is 0.114. The quantitative estimate of drug-likeness (QED) is 0.682. The summed E-state index contributed by atoms with van der Waals surface area (Å²) in [5, 5.41) is 0. The Balaban J connectivity index is 0.000000791. The third kappa shape index (κ3) is 3.22. The number of hydrogen-bond donors (Lipinski definition) is 2. The van der Waals surface area contributed by atoms with E-state index in [0.717, 1.165) is 11.5 Å². The Morgan fingerprint density at radius 3 is 1.93 bits per heavy atom. The summed E-state index contributed by atoms with van der Waals surface area (Å²) < 4.78 is 0. The zero-order valence-corrected chi connectivity index (χ0v) is 10.5. The van der Waals surface area contributed by atoms with Crippen molar-refractivity contribution in [2.75, 3.05) is 0 Å². The van der Waals surface area contributed by atoms with Crippen LogP contribution in [0.5, 0.6) is 0 Å². The van der Waals surface area contributed by atoms with E-state index in [1.165, 1.54) is 0 Å². The van der Waals surface area contributed by atoms with Gasteiger partial charge in [0.15, 0.2) is 0 Å². The topological polar surface area (TPSA) is 33.3 Å². The molecule has 1 heterocycles. The third-order valence-electron chi connectivity index (χ3n) is 1.86. The van der Waals surface area contributed by atoms with Gasteiger partial charge in [-0.05, 0) is 0 Å². The maximum atomic E-state index is 5.27. The van der Waals surface area contributed by atoms with Crippen LogP contribution in [0.15, 0.2) is 11.5 Å². The van der Waals surface area contributed by atoms with Crippen LogP contribution in [0, 0.1) is 11.3 Å². The lowest BCUT2D eigenvalue weighted by molar-refractivity contribution is 0.0953. The Kier molecular flexibility index (Phi) is 4.99. The molecular formula is C11H24N2O. The van der Waals surface area contributed by atoms with Crippen molar-refractivity contribution in [3.05, 3.63) is 11.5 Å². The predicted octanol–water partition coefficient (Wildman–Crippen LogP) is 2.97. The minimum absolute atomic E-state index is 0.114. The van der Waals surface area contributed by atoms with Crippen molar-refractivity contribution >= 4 is 0 Å². The molecule has 0 aromatic carbocycles. The van der Waals surface area contributed by atoms with Crippen LogP contribution in [-0.2, 0) is 4.84 Å². The summed E-state index contributed by atoms with van der Waals surface area (Å²) in [7, 11) is 0. The van der Waals surface area contributed by atoms with Crippen molar-refractivity contribution in [3.63, 3.8) is 0 Å². The first kappa shape index (κ1) is 13.3. The van der Waals surface area contributed by atoms with E-state index >= 15 is 0 Å². The van der Waals surface area contributed by atoms with Gasteiger partial charge in [-0.1, -0.05) is 54.1 Å². The lowest BCUT2D eigenvalue weighted by Crippen LogP contribution is -2.28. The number of allylic oxidation sites excluding steroid dienone is 2. The highest BCUT2D eigenvalue weighted by atomic mass is 16.7. The largest absolute Gasteiger partial charge is 0.391 e. The van der Waals surface area contributed by atoms with Crippen LogP contribution >= 0.6 is 0 Å².